The van der Waals surface area contributed by atoms with Crippen molar-refractivity contribution in [2.75, 3.05) is 0 Å². The maximum Gasteiger partial charge on any atom is 0.234 e. The Morgan fingerprint density at radius 1 is 0.295 bits per heavy atom. The highest BCUT2D eigenvalue weighted by Gasteiger charge is 2.29. The second kappa shape index (κ2) is 14.6. The summed E-state index contributed by atoms with van der Waals surface area (Å²) in [6, 6.07) is 76.9. The third-order valence-electron chi connectivity index (χ3n) is 17.1. The number of para-hydroxylation sites is 1. The van der Waals surface area contributed by atoms with Gasteiger partial charge in [0.15, 0.2) is 0 Å². The van der Waals surface area contributed by atoms with Gasteiger partial charge in [0.2, 0.25) is 5.95 Å². The Morgan fingerprint density at radius 2 is 0.821 bits per heavy atom. The number of pyridine rings is 1. The summed E-state index contributed by atoms with van der Waals surface area (Å²) in [5.41, 5.74) is 21.5. The lowest BCUT2D eigenvalue weighted by atomic mass is 9.91. The highest BCUT2D eigenvalue weighted by molar-refractivity contribution is 6.33. The van der Waals surface area contributed by atoms with E-state index in [4.69, 9.17) is 23.8 Å². The number of hydrogen-bond acceptors (Lipinski definition) is 5. The Bertz CT molecular complexity index is 5580. The molecular formula is C71H37N5O2. The summed E-state index contributed by atoms with van der Waals surface area (Å²) >= 11 is 0. The maximum atomic E-state index is 6.91. The number of nitrogens with zero attached hydrogens (tertiary/aromatic N) is 5. The smallest absolute Gasteiger partial charge is 0.234 e. The average Bonchev–Trinajstić information content (AvgIpc) is 4.34. The van der Waals surface area contributed by atoms with Crippen molar-refractivity contribution in [1.29, 1.82) is 0 Å². The molecule has 0 amide bonds. The molecule has 0 fully saturated rings. The first-order valence-corrected chi connectivity index (χ1v) is 26.5. The largest absolute Gasteiger partial charge is 0.456 e. The summed E-state index contributed by atoms with van der Waals surface area (Å²) in [5.74, 6) is 1.52. The molecule has 0 aliphatic heterocycles. The van der Waals surface area contributed by atoms with Gasteiger partial charge in [-0.05, 0) is 168 Å². The first kappa shape index (κ1) is 40.7. The molecule has 6 aromatic heterocycles. The van der Waals surface area contributed by atoms with Crippen LogP contribution in [0.15, 0.2) is 234 Å². The van der Waals surface area contributed by atoms with Gasteiger partial charge in [-0.25, -0.2) is 15.0 Å². The molecule has 78 heavy (non-hydrogen) atoms. The van der Waals surface area contributed by atoms with Crippen LogP contribution in [0.3, 0.4) is 0 Å². The van der Waals surface area contributed by atoms with Crippen LogP contribution in [0.2, 0.25) is 0 Å². The normalized spacial score (nSPS) is 12.6. The third-order valence-corrected chi connectivity index (χ3v) is 17.1. The number of furan rings is 2. The van der Waals surface area contributed by atoms with E-state index in [9.17, 15) is 0 Å². The van der Waals surface area contributed by atoms with Crippen LogP contribution in [0.4, 0.5) is 0 Å². The molecule has 0 saturated heterocycles. The van der Waals surface area contributed by atoms with E-state index in [1.807, 2.05) is 24.5 Å². The number of fused-ring (bicyclic) bond motifs is 12. The second-order valence-electron chi connectivity index (χ2n) is 21.0. The van der Waals surface area contributed by atoms with Gasteiger partial charge in [0.1, 0.15) is 28.1 Å². The lowest BCUT2D eigenvalue weighted by molar-refractivity contribution is 0.669. The van der Waals surface area contributed by atoms with E-state index in [0.717, 1.165) is 99.7 Å². The monoisotopic (exact) mass is 991 g/mol. The molecule has 11 aromatic carbocycles. The third kappa shape index (κ3) is 5.24. The Morgan fingerprint density at radius 3 is 1.53 bits per heavy atom. The summed E-state index contributed by atoms with van der Waals surface area (Å²) in [6.07, 6.45) is 3.62. The van der Waals surface area contributed by atoms with Crippen molar-refractivity contribution in [2.24, 2.45) is 0 Å². The molecule has 2 aliphatic rings. The Labute approximate surface area is 443 Å². The van der Waals surface area contributed by atoms with Gasteiger partial charge >= 0.3 is 0 Å². The molecule has 0 spiro atoms. The Hall–Kier alpha value is -10.6. The second-order valence-corrected chi connectivity index (χ2v) is 21.0. The van der Waals surface area contributed by atoms with E-state index in [0.29, 0.717) is 5.95 Å². The van der Waals surface area contributed by atoms with Crippen LogP contribution in [0, 0.1) is 0 Å². The zero-order valence-corrected chi connectivity index (χ0v) is 41.4. The van der Waals surface area contributed by atoms with Gasteiger partial charge in [0.25, 0.3) is 0 Å². The highest BCUT2D eigenvalue weighted by Crippen LogP contribution is 2.53. The van der Waals surface area contributed by atoms with Gasteiger partial charge in [0, 0.05) is 61.0 Å². The summed E-state index contributed by atoms with van der Waals surface area (Å²) in [7, 11) is 0. The number of hydrogen-bond donors (Lipinski definition) is 0. The molecule has 358 valence electrons. The minimum Gasteiger partial charge on any atom is -0.456 e. The van der Waals surface area contributed by atoms with Crippen LogP contribution >= 0.6 is 0 Å². The van der Waals surface area contributed by atoms with Crippen LogP contribution in [-0.4, -0.2) is 24.1 Å². The standard InChI is InChI=1S/C71H37N5O2/c1-2-22-60-43(14-1)53-34-49-45-15-4-10-38-25-28-58-69(65(38)45)67-47(51(49)36-62(53)77-60)17-6-20-56(67)75(58)64-23-8-19-55(74-64)42-13-3-12-40(32-42)41-24-27-44-54-35-50-46-16-5-11-39-26-29-59-70(66(39)46)68-48(52(50)37-63(54)78-61(44)33-41)18-7-21-57(68)76(59)71-72-30-9-31-73-71/h1-37H. The van der Waals surface area contributed by atoms with Crippen molar-refractivity contribution < 1.29 is 8.83 Å². The van der Waals surface area contributed by atoms with Crippen molar-refractivity contribution in [3.63, 3.8) is 0 Å². The van der Waals surface area contributed by atoms with E-state index in [1.165, 1.54) is 82.0 Å². The molecule has 7 heteroatoms. The maximum absolute atomic E-state index is 6.91. The van der Waals surface area contributed by atoms with E-state index in [2.05, 4.69) is 209 Å². The van der Waals surface area contributed by atoms with Crippen LogP contribution in [0.1, 0.15) is 0 Å². The van der Waals surface area contributed by atoms with E-state index in [1.54, 1.807) is 0 Å². The van der Waals surface area contributed by atoms with Crippen LogP contribution in [0.25, 0.3) is 188 Å². The molecule has 0 atom stereocenters. The topological polar surface area (TPSA) is 74.8 Å². The minimum absolute atomic E-state index is 0.657. The van der Waals surface area contributed by atoms with E-state index >= 15 is 0 Å². The van der Waals surface area contributed by atoms with Gasteiger partial charge in [-0.3, -0.25) is 9.13 Å². The van der Waals surface area contributed by atoms with Crippen LogP contribution < -0.4 is 0 Å². The van der Waals surface area contributed by atoms with Crippen molar-refractivity contribution in [3.8, 4) is 78.7 Å². The van der Waals surface area contributed by atoms with Gasteiger partial charge in [0.05, 0.1) is 27.8 Å². The van der Waals surface area contributed by atoms with Gasteiger partial charge in [-0.15, -0.1) is 0 Å². The van der Waals surface area contributed by atoms with Gasteiger partial charge in [-0.2, -0.15) is 0 Å². The predicted molar refractivity (Wildman–Crippen MR) is 318 cm³/mol. The lowest BCUT2D eigenvalue weighted by Crippen LogP contribution is -1.99. The molecule has 2 aliphatic carbocycles. The van der Waals surface area contributed by atoms with Crippen LogP contribution in [-0.2, 0) is 0 Å². The summed E-state index contributed by atoms with van der Waals surface area (Å²) in [6.45, 7) is 0. The molecule has 17 aromatic rings. The summed E-state index contributed by atoms with van der Waals surface area (Å²) < 4.78 is 18.0. The minimum atomic E-state index is 0.657. The van der Waals surface area contributed by atoms with E-state index < -0.39 is 0 Å². The lowest BCUT2D eigenvalue weighted by Gasteiger charge is -2.14. The SMILES string of the molecule is c1cnc(-n2c3cccc4c3c3c5c(cccc5ccc32)-c2cc3c(cc2-4)oc2cc(-c4cccc(-c5cccc(-n6c7cccc8c7c7c9c(cccc9ccc76)-c6cc7c(cc6-8)oc6ccccc67)n5)c4)ccc23)nc1. The van der Waals surface area contributed by atoms with E-state index in [-0.39, 0.29) is 0 Å². The Balaban J connectivity index is 0.736. The Kier molecular flexibility index (Phi) is 7.62. The number of aromatic nitrogens is 5. The molecule has 0 radical (unpaired) electrons. The van der Waals surface area contributed by atoms with Gasteiger partial charge < -0.3 is 8.83 Å². The molecule has 0 saturated carbocycles. The molecule has 6 heterocycles. The van der Waals surface area contributed by atoms with Crippen molar-refractivity contribution in [3.05, 3.63) is 225 Å². The zero-order chi connectivity index (χ0) is 50.5. The van der Waals surface area contributed by atoms with Crippen LogP contribution in [0.5, 0.6) is 0 Å². The van der Waals surface area contributed by atoms with Gasteiger partial charge in [-0.1, -0.05) is 121 Å². The van der Waals surface area contributed by atoms with Crippen molar-refractivity contribution in [2.45, 2.75) is 0 Å². The fourth-order valence-electron chi connectivity index (χ4n) is 13.9. The van der Waals surface area contributed by atoms with Crippen molar-refractivity contribution >= 4 is 109 Å². The van der Waals surface area contributed by atoms with Crippen molar-refractivity contribution in [1.82, 2.24) is 24.1 Å². The molecule has 7 nitrogen and oxygen atoms in total. The fraction of sp³-hybridized carbons (Fsp3) is 0. The molecule has 19 rings (SSSR count). The highest BCUT2D eigenvalue weighted by atomic mass is 16.3. The first-order chi connectivity index (χ1) is 38.7. The zero-order valence-electron chi connectivity index (χ0n) is 41.4. The number of benzene rings is 11. The quantitative estimate of drug-likeness (QED) is 0.176. The predicted octanol–water partition coefficient (Wildman–Crippen LogP) is 18.8. The molecule has 0 N–H and O–H groups in total. The average molecular weight is 992 g/mol. The summed E-state index contributed by atoms with van der Waals surface area (Å²) in [4.78, 5) is 14.9. The molecule has 0 bridgehead atoms. The molecular weight excluding hydrogens is 955 g/mol. The first-order valence-electron chi connectivity index (χ1n) is 26.5. The molecule has 0 unspecified atom stereocenters. The summed E-state index contributed by atoms with van der Waals surface area (Å²) in [5, 5.41) is 14.2. The number of rotatable bonds is 4. The fourth-order valence-corrected chi connectivity index (χ4v) is 13.9.